The molecule has 2 aromatic heterocycles. The van der Waals surface area contributed by atoms with Gasteiger partial charge in [-0.2, -0.15) is 9.50 Å². The first-order chi connectivity index (χ1) is 14.4. The molecule has 0 atom stereocenters. The van der Waals surface area contributed by atoms with Crippen LogP contribution in [0.4, 0.5) is 5.69 Å². The molecule has 8 nitrogen and oxygen atoms in total. The van der Waals surface area contributed by atoms with E-state index in [1.54, 1.807) is 18.2 Å². The Kier molecular flexibility index (Phi) is 5.28. The third-order valence-corrected chi connectivity index (χ3v) is 5.24. The van der Waals surface area contributed by atoms with Gasteiger partial charge in [0.05, 0.1) is 16.1 Å². The Hall–Kier alpha value is -3.59. The second kappa shape index (κ2) is 8.03. The van der Waals surface area contributed by atoms with E-state index in [2.05, 4.69) is 23.9 Å². The molecule has 0 fully saturated rings. The van der Waals surface area contributed by atoms with Crippen molar-refractivity contribution in [2.24, 2.45) is 5.92 Å². The lowest BCUT2D eigenvalue weighted by molar-refractivity contribution is -0.384. The molecule has 0 saturated carbocycles. The van der Waals surface area contributed by atoms with Crippen LogP contribution in [0.3, 0.4) is 0 Å². The average Bonchev–Trinajstić information content (AvgIpc) is 3.27. The lowest BCUT2D eigenvalue weighted by Gasteiger charge is -2.08. The maximum atomic E-state index is 12.7. The van der Waals surface area contributed by atoms with Gasteiger partial charge in [-0.3, -0.25) is 14.9 Å². The standard InChI is InChI=1S/C21H18N4O4S/c1-13(2)12-29-17-9-5-15(6-10-17)19-22-21-24(23-19)20(26)18(30-21)11-14-3-7-16(8-4-14)25(27)28/h3-11,13H,12H2,1-2H3/b18-11+. The summed E-state index contributed by atoms with van der Waals surface area (Å²) in [6.07, 6.45) is 1.67. The Bertz CT molecular complexity index is 1310. The summed E-state index contributed by atoms with van der Waals surface area (Å²) in [5, 5.41) is 15.1. The van der Waals surface area contributed by atoms with Gasteiger partial charge in [0.2, 0.25) is 4.96 Å². The minimum atomic E-state index is -0.462. The van der Waals surface area contributed by atoms with Crippen molar-refractivity contribution in [3.63, 3.8) is 0 Å². The van der Waals surface area contributed by atoms with Gasteiger partial charge >= 0.3 is 0 Å². The minimum Gasteiger partial charge on any atom is -0.493 e. The van der Waals surface area contributed by atoms with E-state index in [1.165, 1.54) is 28.0 Å². The summed E-state index contributed by atoms with van der Waals surface area (Å²) >= 11 is 1.22. The van der Waals surface area contributed by atoms with E-state index in [0.29, 0.717) is 33.4 Å². The molecule has 0 amide bonds. The third-order valence-electron chi connectivity index (χ3n) is 4.28. The van der Waals surface area contributed by atoms with Crippen molar-refractivity contribution in [2.75, 3.05) is 6.61 Å². The molecule has 30 heavy (non-hydrogen) atoms. The van der Waals surface area contributed by atoms with Gasteiger partial charge in [0, 0.05) is 17.7 Å². The number of thiazole rings is 1. The summed E-state index contributed by atoms with van der Waals surface area (Å²) in [4.78, 5) is 27.9. The first kappa shape index (κ1) is 19.7. The van der Waals surface area contributed by atoms with Crippen molar-refractivity contribution >= 4 is 28.1 Å². The van der Waals surface area contributed by atoms with Gasteiger partial charge in [-0.1, -0.05) is 25.2 Å². The third kappa shape index (κ3) is 4.06. The van der Waals surface area contributed by atoms with Gasteiger partial charge in [0.25, 0.3) is 11.2 Å². The summed E-state index contributed by atoms with van der Waals surface area (Å²) in [6.45, 7) is 4.82. The Morgan fingerprint density at radius 2 is 1.87 bits per heavy atom. The SMILES string of the molecule is CC(C)COc1ccc(-c2nc3s/c(=C/c4ccc([N+](=O)[O-])cc4)c(=O)n3n2)cc1. The number of nitrogens with zero attached hydrogens (tertiary/aromatic N) is 4. The van der Waals surface area contributed by atoms with E-state index in [9.17, 15) is 14.9 Å². The summed E-state index contributed by atoms with van der Waals surface area (Å²) in [7, 11) is 0. The van der Waals surface area contributed by atoms with E-state index < -0.39 is 4.92 Å². The monoisotopic (exact) mass is 422 g/mol. The van der Waals surface area contributed by atoms with Gasteiger partial charge in [-0.05, 0) is 54.0 Å². The molecule has 0 N–H and O–H groups in total. The van der Waals surface area contributed by atoms with E-state index in [0.717, 1.165) is 11.3 Å². The van der Waals surface area contributed by atoms with Crippen LogP contribution in [0.15, 0.2) is 53.3 Å². The molecule has 0 bridgehead atoms. The molecule has 0 unspecified atom stereocenters. The number of hydrogen-bond acceptors (Lipinski definition) is 7. The van der Waals surface area contributed by atoms with Crippen LogP contribution in [0.1, 0.15) is 19.4 Å². The summed E-state index contributed by atoms with van der Waals surface area (Å²) in [5.41, 5.74) is 1.22. The van der Waals surface area contributed by atoms with E-state index in [1.807, 2.05) is 24.3 Å². The molecule has 4 aromatic rings. The fourth-order valence-corrected chi connectivity index (χ4v) is 3.67. The molecular formula is C21H18N4O4S. The van der Waals surface area contributed by atoms with Crippen LogP contribution < -0.4 is 14.8 Å². The highest BCUT2D eigenvalue weighted by Gasteiger charge is 2.12. The van der Waals surface area contributed by atoms with Crippen molar-refractivity contribution in [2.45, 2.75) is 13.8 Å². The molecule has 0 aliphatic rings. The van der Waals surface area contributed by atoms with Gasteiger partial charge in [0.1, 0.15) is 5.75 Å². The topological polar surface area (TPSA) is 99.6 Å². The normalized spacial score (nSPS) is 12.0. The lowest BCUT2D eigenvalue weighted by atomic mass is 10.2. The fourth-order valence-electron chi connectivity index (χ4n) is 2.76. The number of non-ortho nitro benzene ring substituents is 1. The van der Waals surface area contributed by atoms with Crippen LogP contribution >= 0.6 is 11.3 Å². The molecule has 0 spiro atoms. The molecule has 152 valence electrons. The van der Waals surface area contributed by atoms with E-state index in [-0.39, 0.29) is 11.2 Å². The van der Waals surface area contributed by atoms with Crippen molar-refractivity contribution < 1.29 is 9.66 Å². The predicted octanol–water partition coefficient (Wildman–Crippen LogP) is 3.31. The summed E-state index contributed by atoms with van der Waals surface area (Å²) < 4.78 is 7.42. The zero-order valence-corrected chi connectivity index (χ0v) is 17.1. The smallest absolute Gasteiger partial charge is 0.291 e. The molecule has 0 radical (unpaired) electrons. The molecule has 0 saturated heterocycles. The van der Waals surface area contributed by atoms with E-state index in [4.69, 9.17) is 4.74 Å². The Balaban J connectivity index is 1.61. The molecule has 0 aliphatic heterocycles. The first-order valence-electron chi connectivity index (χ1n) is 9.29. The number of fused-ring (bicyclic) bond motifs is 1. The fraction of sp³-hybridized carbons (Fsp3) is 0.190. The second-order valence-corrected chi connectivity index (χ2v) is 8.13. The molecule has 2 aromatic carbocycles. The number of hydrogen-bond donors (Lipinski definition) is 0. The van der Waals surface area contributed by atoms with Gasteiger partial charge in [-0.25, -0.2) is 0 Å². The van der Waals surface area contributed by atoms with Crippen LogP contribution in [0.5, 0.6) is 5.75 Å². The van der Waals surface area contributed by atoms with Gasteiger partial charge in [0.15, 0.2) is 5.82 Å². The van der Waals surface area contributed by atoms with Crippen LogP contribution in [0.2, 0.25) is 0 Å². The second-order valence-electron chi connectivity index (χ2n) is 7.12. The summed E-state index contributed by atoms with van der Waals surface area (Å²) in [5.74, 6) is 1.69. The van der Waals surface area contributed by atoms with Gasteiger partial charge in [-0.15, -0.1) is 5.10 Å². The van der Waals surface area contributed by atoms with Crippen molar-refractivity contribution in [1.82, 2.24) is 14.6 Å². The summed E-state index contributed by atoms with van der Waals surface area (Å²) in [6, 6.07) is 13.5. The van der Waals surface area contributed by atoms with Crippen molar-refractivity contribution in [3.8, 4) is 17.1 Å². The van der Waals surface area contributed by atoms with Gasteiger partial charge < -0.3 is 4.74 Å². The molecular weight excluding hydrogens is 404 g/mol. The molecule has 2 heterocycles. The molecule has 0 aliphatic carbocycles. The highest BCUT2D eigenvalue weighted by Crippen LogP contribution is 2.21. The minimum absolute atomic E-state index is 0.00223. The van der Waals surface area contributed by atoms with Crippen LogP contribution in [-0.4, -0.2) is 26.1 Å². The average molecular weight is 422 g/mol. The number of nitro groups is 1. The van der Waals surface area contributed by atoms with E-state index >= 15 is 0 Å². The Morgan fingerprint density at radius 3 is 2.47 bits per heavy atom. The van der Waals surface area contributed by atoms with Crippen molar-refractivity contribution in [1.29, 1.82) is 0 Å². The Labute approximate surface area is 175 Å². The van der Waals surface area contributed by atoms with Crippen LogP contribution in [-0.2, 0) is 0 Å². The quantitative estimate of drug-likeness (QED) is 0.349. The lowest BCUT2D eigenvalue weighted by Crippen LogP contribution is -2.23. The molecule has 4 rings (SSSR count). The Morgan fingerprint density at radius 1 is 1.17 bits per heavy atom. The number of rotatable bonds is 6. The maximum absolute atomic E-state index is 12.7. The number of aromatic nitrogens is 3. The van der Waals surface area contributed by atoms with Crippen molar-refractivity contribution in [3.05, 3.63) is 79.1 Å². The van der Waals surface area contributed by atoms with Crippen LogP contribution in [0.25, 0.3) is 22.4 Å². The number of benzene rings is 2. The van der Waals surface area contributed by atoms with Crippen LogP contribution in [0, 0.1) is 16.0 Å². The predicted molar refractivity (Wildman–Crippen MR) is 115 cm³/mol. The number of nitro benzene ring substituents is 1. The molecule has 9 heteroatoms. The highest BCUT2D eigenvalue weighted by atomic mass is 32.1. The first-order valence-corrected chi connectivity index (χ1v) is 10.1. The zero-order valence-electron chi connectivity index (χ0n) is 16.3. The number of ether oxygens (including phenoxy) is 1. The highest BCUT2D eigenvalue weighted by molar-refractivity contribution is 7.15. The maximum Gasteiger partial charge on any atom is 0.291 e. The zero-order chi connectivity index (χ0) is 21.3. The largest absolute Gasteiger partial charge is 0.493 e.